The lowest BCUT2D eigenvalue weighted by molar-refractivity contribution is 0.613. The molecular formula is C14H10BrClFN3O. The van der Waals surface area contributed by atoms with Crippen LogP contribution in [0, 0.1) is 5.82 Å². The average Bonchev–Trinajstić information content (AvgIpc) is 2.77. The number of aromatic nitrogens is 2. The van der Waals surface area contributed by atoms with Gasteiger partial charge in [-0.3, -0.25) is 0 Å². The van der Waals surface area contributed by atoms with Gasteiger partial charge in [0, 0.05) is 21.6 Å². The topological polar surface area (TPSA) is 60.7 Å². The minimum Gasteiger partial charge on any atom is -0.380 e. The predicted octanol–water partition coefficient (Wildman–Crippen LogP) is 4.02. The summed E-state index contributed by atoms with van der Waals surface area (Å²) in [5, 5.41) is 3.48. The highest BCUT2D eigenvalue weighted by Crippen LogP contribution is 2.28. The van der Waals surface area contributed by atoms with Gasteiger partial charge in [-0.15, -0.1) is 0 Å². The van der Waals surface area contributed by atoms with Gasteiger partial charge < -0.3 is 15.3 Å². The smallest absolute Gasteiger partial charge is 0.323 e. The maximum Gasteiger partial charge on any atom is 0.323 e. The van der Waals surface area contributed by atoms with E-state index in [2.05, 4.69) is 31.2 Å². The highest BCUT2D eigenvalue weighted by atomic mass is 79.9. The summed E-state index contributed by atoms with van der Waals surface area (Å²) in [6, 6.07) is 8.12. The lowest BCUT2D eigenvalue weighted by Crippen LogP contribution is -2.03. The molecule has 0 spiro atoms. The van der Waals surface area contributed by atoms with E-state index in [0.29, 0.717) is 21.6 Å². The molecule has 0 aliphatic rings. The summed E-state index contributed by atoms with van der Waals surface area (Å²) in [5.74, 6) is -0.359. The third-order valence-electron chi connectivity index (χ3n) is 3.12. The van der Waals surface area contributed by atoms with Gasteiger partial charge in [-0.1, -0.05) is 17.7 Å². The van der Waals surface area contributed by atoms with E-state index in [0.717, 1.165) is 10.2 Å². The molecule has 0 bridgehead atoms. The maximum atomic E-state index is 13.7. The summed E-state index contributed by atoms with van der Waals surface area (Å²) in [6.07, 6.45) is 0. The predicted molar refractivity (Wildman–Crippen MR) is 85.4 cm³/mol. The van der Waals surface area contributed by atoms with Crippen LogP contribution in [-0.4, -0.2) is 9.97 Å². The SMILES string of the molecule is O=c1[nH]c2cc(Br)c(NCc3c(F)cccc3Cl)cc2[nH]1. The van der Waals surface area contributed by atoms with Crippen LogP contribution in [0.1, 0.15) is 5.56 Å². The van der Waals surface area contributed by atoms with Crippen LogP contribution in [0.3, 0.4) is 0 Å². The van der Waals surface area contributed by atoms with Crippen LogP contribution >= 0.6 is 27.5 Å². The number of rotatable bonds is 3. The molecule has 0 aliphatic heterocycles. The van der Waals surface area contributed by atoms with E-state index in [1.807, 2.05) is 0 Å². The molecule has 3 aromatic rings. The van der Waals surface area contributed by atoms with Crippen molar-refractivity contribution in [1.82, 2.24) is 9.97 Å². The first-order chi connectivity index (χ1) is 10.0. The minimum atomic E-state index is -0.359. The monoisotopic (exact) mass is 369 g/mol. The Morgan fingerprint density at radius 3 is 2.67 bits per heavy atom. The Hall–Kier alpha value is -1.79. The van der Waals surface area contributed by atoms with Gasteiger partial charge in [-0.2, -0.15) is 0 Å². The van der Waals surface area contributed by atoms with Crippen molar-refractivity contribution in [3.8, 4) is 0 Å². The van der Waals surface area contributed by atoms with Crippen molar-refractivity contribution in [2.45, 2.75) is 6.54 Å². The fourth-order valence-corrected chi connectivity index (χ4v) is 2.79. The zero-order valence-electron chi connectivity index (χ0n) is 10.6. The molecule has 0 saturated carbocycles. The molecule has 0 radical (unpaired) electrons. The van der Waals surface area contributed by atoms with Crippen LogP contribution < -0.4 is 11.0 Å². The molecule has 3 rings (SSSR count). The van der Waals surface area contributed by atoms with Crippen molar-refractivity contribution >= 4 is 44.3 Å². The molecule has 3 N–H and O–H groups in total. The lowest BCUT2D eigenvalue weighted by Gasteiger charge is -2.11. The Morgan fingerprint density at radius 2 is 1.95 bits per heavy atom. The maximum absolute atomic E-state index is 13.7. The van der Waals surface area contributed by atoms with E-state index in [1.165, 1.54) is 6.07 Å². The summed E-state index contributed by atoms with van der Waals surface area (Å²) >= 11 is 9.40. The number of hydrogen-bond donors (Lipinski definition) is 3. The second-order valence-corrected chi connectivity index (χ2v) is 5.77. The molecular weight excluding hydrogens is 361 g/mol. The Bertz CT molecular complexity index is 854. The number of halogens is 3. The summed E-state index contributed by atoms with van der Waals surface area (Å²) in [5.41, 5.74) is 2.23. The number of hydrogen-bond acceptors (Lipinski definition) is 2. The third kappa shape index (κ3) is 2.82. The quantitative estimate of drug-likeness (QED) is 0.652. The normalized spacial score (nSPS) is 11.0. The van der Waals surface area contributed by atoms with E-state index >= 15 is 0 Å². The number of H-pyrrole nitrogens is 2. The number of aromatic amines is 2. The largest absolute Gasteiger partial charge is 0.380 e. The second kappa shape index (κ2) is 5.54. The Morgan fingerprint density at radius 1 is 1.24 bits per heavy atom. The van der Waals surface area contributed by atoms with Gasteiger partial charge in [0.2, 0.25) is 0 Å². The first-order valence-electron chi connectivity index (χ1n) is 6.13. The van der Waals surface area contributed by atoms with Crippen molar-refractivity contribution in [2.75, 3.05) is 5.32 Å². The van der Waals surface area contributed by atoms with Crippen LogP contribution in [-0.2, 0) is 6.54 Å². The Balaban J connectivity index is 1.91. The van der Waals surface area contributed by atoms with Crippen LogP contribution in [0.15, 0.2) is 39.6 Å². The first-order valence-corrected chi connectivity index (χ1v) is 7.30. The Labute approximate surface area is 132 Å². The summed E-state index contributed by atoms with van der Waals surface area (Å²) < 4.78 is 14.5. The standard InChI is InChI=1S/C14H10BrClFN3O/c15-8-4-12-13(20-14(21)19-12)5-11(8)18-6-7-9(16)2-1-3-10(7)17/h1-5,18H,6H2,(H2,19,20,21). The van der Waals surface area contributed by atoms with Crippen LogP contribution in [0.5, 0.6) is 0 Å². The van der Waals surface area contributed by atoms with Crippen molar-refractivity contribution in [1.29, 1.82) is 0 Å². The number of fused-ring (bicyclic) bond motifs is 1. The molecule has 1 aromatic heterocycles. The summed E-state index contributed by atoms with van der Waals surface area (Å²) in [4.78, 5) is 16.6. The van der Waals surface area contributed by atoms with Crippen molar-refractivity contribution in [2.24, 2.45) is 0 Å². The number of nitrogens with one attached hydrogen (secondary N) is 3. The van der Waals surface area contributed by atoms with Crippen molar-refractivity contribution in [3.05, 3.63) is 61.7 Å². The summed E-state index contributed by atoms with van der Waals surface area (Å²) in [6.45, 7) is 0.240. The van der Waals surface area contributed by atoms with Gasteiger partial charge in [0.25, 0.3) is 0 Å². The van der Waals surface area contributed by atoms with Gasteiger partial charge in [0.15, 0.2) is 0 Å². The molecule has 1 heterocycles. The zero-order valence-corrected chi connectivity index (χ0v) is 13.0. The summed E-state index contributed by atoms with van der Waals surface area (Å²) in [7, 11) is 0. The van der Waals surface area contributed by atoms with Gasteiger partial charge in [0.05, 0.1) is 16.7 Å². The fourth-order valence-electron chi connectivity index (χ4n) is 2.08. The van der Waals surface area contributed by atoms with Crippen molar-refractivity contribution < 1.29 is 4.39 Å². The molecule has 0 saturated heterocycles. The van der Waals surface area contributed by atoms with E-state index in [9.17, 15) is 9.18 Å². The first kappa shape index (κ1) is 14.2. The second-order valence-electron chi connectivity index (χ2n) is 4.51. The lowest BCUT2D eigenvalue weighted by atomic mass is 10.2. The Kier molecular flexibility index (Phi) is 3.73. The molecule has 2 aromatic carbocycles. The third-order valence-corrected chi connectivity index (χ3v) is 4.13. The van der Waals surface area contributed by atoms with E-state index in [1.54, 1.807) is 24.3 Å². The van der Waals surface area contributed by atoms with Gasteiger partial charge >= 0.3 is 5.69 Å². The molecule has 0 fully saturated rings. The van der Waals surface area contributed by atoms with Crippen LogP contribution in [0.25, 0.3) is 11.0 Å². The molecule has 21 heavy (non-hydrogen) atoms. The van der Waals surface area contributed by atoms with Crippen LogP contribution in [0.2, 0.25) is 5.02 Å². The van der Waals surface area contributed by atoms with Crippen molar-refractivity contribution in [3.63, 3.8) is 0 Å². The highest BCUT2D eigenvalue weighted by Gasteiger charge is 2.09. The van der Waals surface area contributed by atoms with Crippen LogP contribution in [0.4, 0.5) is 10.1 Å². The van der Waals surface area contributed by atoms with E-state index < -0.39 is 0 Å². The molecule has 4 nitrogen and oxygen atoms in total. The van der Waals surface area contributed by atoms with Gasteiger partial charge in [-0.05, 0) is 40.2 Å². The van der Waals surface area contributed by atoms with E-state index in [4.69, 9.17) is 11.6 Å². The van der Waals surface area contributed by atoms with E-state index in [-0.39, 0.29) is 18.1 Å². The highest BCUT2D eigenvalue weighted by molar-refractivity contribution is 9.10. The molecule has 0 aliphatic carbocycles. The number of benzene rings is 2. The number of imidazole rings is 1. The molecule has 0 atom stereocenters. The zero-order chi connectivity index (χ0) is 15.0. The van der Waals surface area contributed by atoms with Gasteiger partial charge in [0.1, 0.15) is 5.82 Å². The number of anilines is 1. The molecule has 108 valence electrons. The molecule has 0 unspecified atom stereocenters. The molecule has 0 amide bonds. The fraction of sp³-hybridized carbons (Fsp3) is 0.0714. The molecule has 7 heteroatoms. The average molecular weight is 371 g/mol. The van der Waals surface area contributed by atoms with Gasteiger partial charge in [-0.25, -0.2) is 9.18 Å². The minimum absolute atomic E-state index is 0.240.